The molecule has 1 amide bonds. The van der Waals surface area contributed by atoms with Crippen molar-refractivity contribution in [2.45, 2.75) is 158 Å². The number of amides is 1. The minimum Gasteiger partial charge on any atom is -0.481 e. The van der Waals surface area contributed by atoms with Gasteiger partial charge in [-0.3, -0.25) is 14.4 Å². The molecule has 6 rings (SSSR count). The average molecular weight is 666 g/mol. The molecule has 0 aromatic heterocycles. The predicted octanol–water partition coefficient (Wildman–Crippen LogP) is 9.46. The van der Waals surface area contributed by atoms with Gasteiger partial charge in [-0.2, -0.15) is 0 Å². The van der Waals surface area contributed by atoms with E-state index in [0.717, 1.165) is 51.6 Å². The lowest BCUT2D eigenvalue weighted by molar-refractivity contribution is -0.250. The van der Waals surface area contributed by atoms with Crippen molar-refractivity contribution in [3.05, 3.63) is 12.2 Å². The Morgan fingerprint density at radius 1 is 0.833 bits per heavy atom. The molecular weight excluding hydrogens is 598 g/mol. The molecular formula is C42H67NO5. The number of aliphatic carboxylic acids is 1. The molecule has 6 fully saturated rings. The van der Waals surface area contributed by atoms with E-state index in [1.54, 1.807) is 13.8 Å². The summed E-state index contributed by atoms with van der Waals surface area (Å²) < 4.78 is 6.18. The predicted molar refractivity (Wildman–Crippen MR) is 190 cm³/mol. The van der Waals surface area contributed by atoms with Gasteiger partial charge < -0.3 is 14.7 Å². The molecule has 5 aliphatic carbocycles. The highest BCUT2D eigenvalue weighted by Gasteiger charge is 2.71. The molecule has 10 atom stereocenters. The summed E-state index contributed by atoms with van der Waals surface area (Å²) in [5, 5.41) is 9.59. The number of hydrogen-bond donors (Lipinski definition) is 1. The van der Waals surface area contributed by atoms with Crippen LogP contribution < -0.4 is 0 Å². The number of fused-ring (bicyclic) bond motifs is 7. The zero-order valence-electron chi connectivity index (χ0n) is 31.7. The molecule has 0 aromatic carbocycles. The molecule has 1 N–H and O–H groups in total. The first kappa shape index (κ1) is 36.0. The fourth-order valence-electron chi connectivity index (χ4n) is 14.0. The Balaban J connectivity index is 1.25. The van der Waals surface area contributed by atoms with Crippen LogP contribution in [0.2, 0.25) is 0 Å². The summed E-state index contributed by atoms with van der Waals surface area (Å²) in [7, 11) is 0. The second-order valence-corrected chi connectivity index (χ2v) is 19.9. The summed E-state index contributed by atoms with van der Waals surface area (Å²) in [4.78, 5) is 40.9. The van der Waals surface area contributed by atoms with Gasteiger partial charge in [0, 0.05) is 24.9 Å². The summed E-state index contributed by atoms with van der Waals surface area (Å²) >= 11 is 0. The zero-order valence-corrected chi connectivity index (χ0v) is 31.7. The van der Waals surface area contributed by atoms with Crippen LogP contribution in [0.5, 0.6) is 0 Å². The summed E-state index contributed by atoms with van der Waals surface area (Å²) in [6.45, 7) is 24.5. The van der Waals surface area contributed by atoms with E-state index in [4.69, 9.17) is 4.74 Å². The maximum atomic E-state index is 13.9. The standard InChI is InChI=1S/C42H67NO5/c1-27(2)28-15-20-42(25-33(44)43-23-11-10-12-24-43)22-21-40(8)29(35(28)42)13-14-31-39(7)18-17-32(48-34(45)26-37(3,4)36(46)47)38(5,6)30(39)16-19-41(31,40)9/h28-32,35H,1,10-26H2,2-9H3,(H,46,47)/t28-,29+,30-,31+,32-,35+,39-,40+,41+,42+/m0/s1. The van der Waals surface area contributed by atoms with Gasteiger partial charge in [-0.25, -0.2) is 0 Å². The van der Waals surface area contributed by atoms with Gasteiger partial charge in [0.25, 0.3) is 0 Å². The van der Waals surface area contributed by atoms with Gasteiger partial charge in [-0.1, -0.05) is 46.8 Å². The molecule has 1 heterocycles. The zero-order chi connectivity index (χ0) is 35.1. The van der Waals surface area contributed by atoms with Crippen LogP contribution in [0.3, 0.4) is 0 Å². The number of likely N-dealkylation sites (tertiary alicyclic amines) is 1. The molecule has 6 nitrogen and oxygen atoms in total. The number of allylic oxidation sites excluding steroid dienone is 1. The number of nitrogens with zero attached hydrogens (tertiary/aromatic N) is 1. The minimum absolute atomic E-state index is 0.102. The Labute approximate surface area is 291 Å². The topological polar surface area (TPSA) is 83.9 Å². The molecule has 0 aromatic rings. The molecule has 1 saturated heterocycles. The first-order valence-corrected chi connectivity index (χ1v) is 19.7. The van der Waals surface area contributed by atoms with Gasteiger partial charge in [0.2, 0.25) is 5.91 Å². The van der Waals surface area contributed by atoms with Crippen LogP contribution >= 0.6 is 0 Å². The van der Waals surface area contributed by atoms with Crippen molar-refractivity contribution in [2.75, 3.05) is 13.1 Å². The lowest BCUT2D eigenvalue weighted by Gasteiger charge is -2.73. The molecule has 0 unspecified atom stereocenters. The van der Waals surface area contributed by atoms with E-state index in [2.05, 4.69) is 53.0 Å². The highest BCUT2D eigenvalue weighted by Crippen LogP contribution is 2.78. The molecule has 48 heavy (non-hydrogen) atoms. The van der Waals surface area contributed by atoms with Gasteiger partial charge >= 0.3 is 11.9 Å². The van der Waals surface area contributed by atoms with Crippen LogP contribution in [0.1, 0.15) is 152 Å². The summed E-state index contributed by atoms with van der Waals surface area (Å²) in [6.07, 6.45) is 15.5. The van der Waals surface area contributed by atoms with Crippen LogP contribution in [0, 0.1) is 62.1 Å². The van der Waals surface area contributed by atoms with Gasteiger partial charge in [0.15, 0.2) is 0 Å². The Morgan fingerprint density at radius 2 is 1.52 bits per heavy atom. The fraction of sp³-hybridized carbons (Fsp3) is 0.881. The number of carbonyl (C=O) groups is 3. The molecule has 6 aliphatic rings. The maximum Gasteiger partial charge on any atom is 0.309 e. The highest BCUT2D eigenvalue weighted by atomic mass is 16.5. The monoisotopic (exact) mass is 666 g/mol. The number of esters is 1. The third-order valence-corrected chi connectivity index (χ3v) is 16.8. The van der Waals surface area contributed by atoms with E-state index in [1.807, 2.05) is 0 Å². The van der Waals surface area contributed by atoms with E-state index < -0.39 is 11.4 Å². The smallest absolute Gasteiger partial charge is 0.309 e. The highest BCUT2D eigenvalue weighted by molar-refractivity contribution is 5.81. The van der Waals surface area contributed by atoms with E-state index >= 15 is 0 Å². The number of ether oxygens (including phenoxy) is 1. The SMILES string of the molecule is C=C(C)[C@@H]1CC[C@]2(CC(=O)N3CCCCC3)CC[C@]3(C)[C@H](CC[C@@H]4[C@@]5(C)CC[C@H](OC(=O)CC(C)(C)C(=O)O)C(C)(C)[C@@H]5CC[C@]43C)[C@@H]12. The maximum absolute atomic E-state index is 13.9. The third-order valence-electron chi connectivity index (χ3n) is 16.8. The van der Waals surface area contributed by atoms with Crippen LogP contribution in [-0.4, -0.2) is 47.0 Å². The van der Waals surface area contributed by atoms with Crippen LogP contribution in [0.15, 0.2) is 12.2 Å². The molecule has 6 heteroatoms. The van der Waals surface area contributed by atoms with Crippen molar-refractivity contribution in [2.24, 2.45) is 62.1 Å². The van der Waals surface area contributed by atoms with Gasteiger partial charge in [0.1, 0.15) is 6.10 Å². The number of hydrogen-bond acceptors (Lipinski definition) is 4. The number of carboxylic acid groups (broad SMARTS) is 1. The van der Waals surface area contributed by atoms with Gasteiger partial charge in [-0.05, 0) is 155 Å². The van der Waals surface area contributed by atoms with Crippen LogP contribution in [0.4, 0.5) is 0 Å². The van der Waals surface area contributed by atoms with Gasteiger partial charge in [-0.15, -0.1) is 0 Å². The van der Waals surface area contributed by atoms with Crippen molar-refractivity contribution in [3.63, 3.8) is 0 Å². The quantitative estimate of drug-likeness (QED) is 0.216. The molecule has 1 aliphatic heterocycles. The second-order valence-electron chi connectivity index (χ2n) is 19.9. The fourth-order valence-corrected chi connectivity index (χ4v) is 14.0. The summed E-state index contributed by atoms with van der Waals surface area (Å²) in [6, 6.07) is 0. The number of rotatable bonds is 7. The van der Waals surface area contributed by atoms with Crippen molar-refractivity contribution >= 4 is 17.8 Å². The normalized spacial score (nSPS) is 43.6. The Hall–Kier alpha value is -1.85. The summed E-state index contributed by atoms with van der Waals surface area (Å²) in [5.41, 5.74) is 0.744. The Kier molecular flexibility index (Phi) is 9.09. The summed E-state index contributed by atoms with van der Waals surface area (Å²) in [5.74, 6) is 1.81. The first-order valence-electron chi connectivity index (χ1n) is 19.7. The molecule has 5 saturated carbocycles. The minimum atomic E-state index is -1.13. The van der Waals surface area contributed by atoms with Crippen molar-refractivity contribution in [1.82, 2.24) is 4.90 Å². The third kappa shape index (κ3) is 5.42. The molecule has 0 radical (unpaired) electrons. The first-order chi connectivity index (χ1) is 22.3. The second kappa shape index (κ2) is 12.1. The van der Waals surface area contributed by atoms with Crippen LogP contribution in [-0.2, 0) is 19.1 Å². The average Bonchev–Trinajstić information content (AvgIpc) is 3.39. The Bertz CT molecular complexity index is 1310. The van der Waals surface area contributed by atoms with E-state index in [-0.39, 0.29) is 45.6 Å². The van der Waals surface area contributed by atoms with Gasteiger partial charge in [0.05, 0.1) is 11.8 Å². The van der Waals surface area contributed by atoms with E-state index in [0.29, 0.717) is 35.5 Å². The van der Waals surface area contributed by atoms with Crippen molar-refractivity contribution in [1.29, 1.82) is 0 Å². The lowest BCUT2D eigenvalue weighted by Crippen LogP contribution is -2.67. The molecule has 0 bridgehead atoms. The number of carboxylic acids is 1. The van der Waals surface area contributed by atoms with E-state index in [1.165, 1.54) is 56.9 Å². The lowest BCUT2D eigenvalue weighted by atomic mass is 9.32. The molecule has 0 spiro atoms. The molecule has 270 valence electrons. The van der Waals surface area contributed by atoms with Crippen LogP contribution in [0.25, 0.3) is 0 Å². The van der Waals surface area contributed by atoms with E-state index in [9.17, 15) is 19.5 Å². The number of piperidine rings is 1. The van der Waals surface area contributed by atoms with Crippen molar-refractivity contribution in [3.8, 4) is 0 Å². The Morgan fingerprint density at radius 3 is 2.17 bits per heavy atom. The van der Waals surface area contributed by atoms with Crippen molar-refractivity contribution < 1.29 is 24.2 Å². The largest absolute Gasteiger partial charge is 0.481 e. The number of carbonyl (C=O) groups excluding carboxylic acids is 2.